The first-order valence-corrected chi connectivity index (χ1v) is 8.65. The van der Waals surface area contributed by atoms with Crippen LogP contribution in [0, 0.1) is 0 Å². The van der Waals surface area contributed by atoms with Crippen molar-refractivity contribution in [3.63, 3.8) is 0 Å². The average Bonchev–Trinajstić information content (AvgIpc) is 2.56. The molecule has 6 nitrogen and oxygen atoms in total. The Balaban J connectivity index is 1.79. The maximum Gasteiger partial charge on any atom is 0.329 e. The number of halogens is 1. The molecular formula is C16H21BrN2O4. The van der Waals surface area contributed by atoms with E-state index in [9.17, 15) is 4.79 Å². The van der Waals surface area contributed by atoms with Crippen LogP contribution in [0.5, 0.6) is 0 Å². The van der Waals surface area contributed by atoms with Crippen LogP contribution in [0.15, 0.2) is 22.8 Å². The van der Waals surface area contributed by atoms with E-state index in [4.69, 9.17) is 14.6 Å². The van der Waals surface area contributed by atoms with Gasteiger partial charge in [0.2, 0.25) is 0 Å². The fourth-order valence-corrected chi connectivity index (χ4v) is 3.69. The van der Waals surface area contributed by atoms with E-state index in [2.05, 4.69) is 26.2 Å². The fraction of sp³-hybridized carbons (Fsp3) is 0.625. The summed E-state index contributed by atoms with van der Waals surface area (Å²) in [6, 6.07) is 3.82. The number of aliphatic carboxylic acids is 1. The van der Waals surface area contributed by atoms with Crippen LogP contribution < -0.4 is 5.32 Å². The molecule has 126 valence electrons. The first-order valence-electron chi connectivity index (χ1n) is 7.86. The molecular weight excluding hydrogens is 364 g/mol. The molecule has 1 spiro atoms. The minimum atomic E-state index is -0.961. The van der Waals surface area contributed by atoms with Gasteiger partial charge < -0.3 is 19.9 Å². The Hall–Kier alpha value is -1.02. The van der Waals surface area contributed by atoms with E-state index in [0.717, 1.165) is 42.7 Å². The first kappa shape index (κ1) is 16.8. The Labute approximate surface area is 143 Å². The molecule has 0 amide bonds. The van der Waals surface area contributed by atoms with Crippen LogP contribution in [0.2, 0.25) is 0 Å². The van der Waals surface area contributed by atoms with Gasteiger partial charge in [-0.25, -0.2) is 4.79 Å². The first-order chi connectivity index (χ1) is 11.0. The van der Waals surface area contributed by atoms with Crippen molar-refractivity contribution in [3.8, 4) is 0 Å². The van der Waals surface area contributed by atoms with Crippen molar-refractivity contribution in [2.24, 2.45) is 0 Å². The van der Waals surface area contributed by atoms with Gasteiger partial charge in [0.25, 0.3) is 0 Å². The lowest BCUT2D eigenvalue weighted by molar-refractivity contribution is -0.169. The van der Waals surface area contributed by atoms with E-state index in [1.54, 1.807) is 6.20 Å². The van der Waals surface area contributed by atoms with Crippen molar-refractivity contribution < 1.29 is 19.4 Å². The van der Waals surface area contributed by atoms with Gasteiger partial charge in [-0.2, -0.15) is 0 Å². The highest BCUT2D eigenvalue weighted by Crippen LogP contribution is 2.45. The zero-order valence-corrected chi connectivity index (χ0v) is 14.5. The Kier molecular flexibility index (Phi) is 5.01. The van der Waals surface area contributed by atoms with Crippen LogP contribution in [0.25, 0.3) is 0 Å². The van der Waals surface area contributed by atoms with E-state index in [0.29, 0.717) is 12.8 Å². The third-order valence-electron chi connectivity index (χ3n) is 4.77. The molecule has 1 aromatic rings. The molecule has 2 N–H and O–H groups in total. The van der Waals surface area contributed by atoms with E-state index >= 15 is 0 Å². The molecule has 0 bridgehead atoms. The highest BCUT2D eigenvalue weighted by Gasteiger charge is 2.46. The summed E-state index contributed by atoms with van der Waals surface area (Å²) < 4.78 is 12.7. The van der Waals surface area contributed by atoms with Gasteiger partial charge in [0.15, 0.2) is 0 Å². The molecule has 23 heavy (non-hydrogen) atoms. The number of nitrogens with zero attached hydrogens (tertiary/aromatic N) is 1. The summed E-state index contributed by atoms with van der Waals surface area (Å²) in [6.45, 7) is 2.13. The SMILES string of the molecule is O=C(O)COC1(c2ccc(Br)cn2)CCC2(CC1)CNCCO2. The summed E-state index contributed by atoms with van der Waals surface area (Å²) in [7, 11) is 0. The van der Waals surface area contributed by atoms with Crippen LogP contribution in [0.4, 0.5) is 0 Å². The number of ether oxygens (including phenoxy) is 2. The van der Waals surface area contributed by atoms with Crippen LogP contribution in [-0.4, -0.2) is 48.0 Å². The number of nitrogens with one attached hydrogen (secondary N) is 1. The van der Waals surface area contributed by atoms with Gasteiger partial charge in [-0.15, -0.1) is 0 Å². The minimum Gasteiger partial charge on any atom is -0.480 e. The third-order valence-corrected chi connectivity index (χ3v) is 5.24. The summed E-state index contributed by atoms with van der Waals surface area (Å²) >= 11 is 3.38. The predicted molar refractivity (Wildman–Crippen MR) is 87.2 cm³/mol. The van der Waals surface area contributed by atoms with Gasteiger partial charge in [0.05, 0.1) is 17.9 Å². The predicted octanol–water partition coefficient (Wildman–Crippen LogP) is 2.07. The summed E-state index contributed by atoms with van der Waals surface area (Å²) in [4.78, 5) is 15.4. The number of aromatic nitrogens is 1. The molecule has 1 aromatic heterocycles. The van der Waals surface area contributed by atoms with Gasteiger partial charge in [-0.05, 0) is 53.7 Å². The number of pyridine rings is 1. The molecule has 1 aliphatic heterocycles. The number of carboxylic acid groups (broad SMARTS) is 1. The number of morpholine rings is 1. The highest BCUT2D eigenvalue weighted by molar-refractivity contribution is 9.10. The van der Waals surface area contributed by atoms with Crippen molar-refractivity contribution in [2.45, 2.75) is 36.9 Å². The molecule has 1 saturated carbocycles. The van der Waals surface area contributed by atoms with Crippen molar-refractivity contribution in [1.82, 2.24) is 10.3 Å². The van der Waals surface area contributed by atoms with Crippen LogP contribution in [0.3, 0.4) is 0 Å². The number of carbonyl (C=O) groups is 1. The highest BCUT2D eigenvalue weighted by atomic mass is 79.9. The Morgan fingerprint density at radius 1 is 1.39 bits per heavy atom. The maximum absolute atomic E-state index is 11.0. The molecule has 0 atom stereocenters. The second kappa shape index (κ2) is 6.84. The molecule has 0 radical (unpaired) electrons. The second-order valence-electron chi connectivity index (χ2n) is 6.25. The largest absolute Gasteiger partial charge is 0.480 e. The van der Waals surface area contributed by atoms with Gasteiger partial charge in [-0.1, -0.05) is 0 Å². The maximum atomic E-state index is 11.0. The lowest BCUT2D eigenvalue weighted by atomic mass is 9.73. The standard InChI is InChI=1S/C16H21BrN2O4/c17-12-1-2-13(19-9-12)16(23-10-14(20)21)5-3-15(4-6-16)11-18-7-8-22-15/h1-2,9,18H,3-8,10-11H2,(H,20,21). The van der Waals surface area contributed by atoms with Gasteiger partial charge in [0.1, 0.15) is 12.2 Å². The molecule has 2 fully saturated rings. The molecule has 2 aliphatic rings. The van der Waals surface area contributed by atoms with Crippen LogP contribution in [0.1, 0.15) is 31.4 Å². The lowest BCUT2D eigenvalue weighted by Gasteiger charge is -2.47. The number of carboxylic acids is 1. The summed E-state index contributed by atoms with van der Waals surface area (Å²) in [5.74, 6) is -0.961. The molecule has 7 heteroatoms. The average molecular weight is 385 g/mol. The Morgan fingerprint density at radius 3 is 2.74 bits per heavy atom. The Bertz CT molecular complexity index is 548. The van der Waals surface area contributed by atoms with Crippen molar-refractivity contribution in [1.29, 1.82) is 0 Å². The van der Waals surface area contributed by atoms with Crippen molar-refractivity contribution >= 4 is 21.9 Å². The summed E-state index contributed by atoms with van der Waals surface area (Å²) in [5, 5.41) is 12.4. The molecule has 1 aliphatic carbocycles. The normalized spacial score (nSPS) is 31.2. The van der Waals surface area contributed by atoms with Crippen LogP contribution >= 0.6 is 15.9 Å². The van der Waals surface area contributed by atoms with Crippen molar-refractivity contribution in [2.75, 3.05) is 26.3 Å². The number of hydrogen-bond donors (Lipinski definition) is 2. The minimum absolute atomic E-state index is 0.149. The van der Waals surface area contributed by atoms with E-state index in [-0.39, 0.29) is 12.2 Å². The monoisotopic (exact) mass is 384 g/mol. The zero-order valence-electron chi connectivity index (χ0n) is 12.9. The molecule has 1 saturated heterocycles. The summed E-state index contributed by atoms with van der Waals surface area (Å²) in [6.07, 6.45) is 4.80. The number of hydrogen-bond acceptors (Lipinski definition) is 5. The van der Waals surface area contributed by atoms with Crippen LogP contribution in [-0.2, 0) is 19.9 Å². The Morgan fingerprint density at radius 2 is 2.17 bits per heavy atom. The smallest absolute Gasteiger partial charge is 0.329 e. The lowest BCUT2D eigenvalue weighted by Crippen LogP contribution is -2.54. The van der Waals surface area contributed by atoms with Gasteiger partial charge in [0, 0.05) is 23.8 Å². The second-order valence-corrected chi connectivity index (χ2v) is 7.16. The molecule has 0 unspecified atom stereocenters. The zero-order chi connectivity index (χ0) is 16.3. The molecule has 2 heterocycles. The molecule has 3 rings (SSSR count). The van der Waals surface area contributed by atoms with E-state index in [1.807, 2.05) is 12.1 Å². The third kappa shape index (κ3) is 3.74. The quantitative estimate of drug-likeness (QED) is 0.826. The summed E-state index contributed by atoms with van der Waals surface area (Å²) in [5.41, 5.74) is -0.00459. The van der Waals surface area contributed by atoms with Gasteiger partial charge in [-0.3, -0.25) is 4.98 Å². The van der Waals surface area contributed by atoms with Gasteiger partial charge >= 0.3 is 5.97 Å². The van der Waals surface area contributed by atoms with E-state index in [1.165, 1.54) is 0 Å². The topological polar surface area (TPSA) is 80.7 Å². The fourth-order valence-electron chi connectivity index (χ4n) is 3.46. The molecule has 0 aromatic carbocycles. The number of rotatable bonds is 4. The van der Waals surface area contributed by atoms with E-state index < -0.39 is 11.6 Å². The van der Waals surface area contributed by atoms with Crippen molar-refractivity contribution in [3.05, 3.63) is 28.5 Å².